The molecule has 0 heterocycles. The van der Waals surface area contributed by atoms with E-state index >= 15 is 0 Å². The molecule has 126 valence electrons. The molecular formula is C20H18N2O3. The van der Waals surface area contributed by atoms with E-state index in [1.165, 1.54) is 12.0 Å². The SMILES string of the molecule is COC(=O)N(c1cccc(C(N)=O)c1C)c1cccc2ccccc12. The lowest BCUT2D eigenvalue weighted by Gasteiger charge is -2.25. The number of anilines is 2. The topological polar surface area (TPSA) is 72.6 Å². The molecule has 0 saturated heterocycles. The van der Waals surface area contributed by atoms with E-state index in [9.17, 15) is 9.59 Å². The van der Waals surface area contributed by atoms with Crippen LogP contribution in [0.2, 0.25) is 0 Å². The van der Waals surface area contributed by atoms with Crippen LogP contribution in [0.3, 0.4) is 0 Å². The van der Waals surface area contributed by atoms with E-state index in [1.54, 1.807) is 25.1 Å². The van der Waals surface area contributed by atoms with E-state index in [4.69, 9.17) is 10.5 Å². The fourth-order valence-corrected chi connectivity index (χ4v) is 2.95. The third-order valence-electron chi connectivity index (χ3n) is 4.18. The summed E-state index contributed by atoms with van der Waals surface area (Å²) in [6, 6.07) is 18.6. The Hall–Kier alpha value is -3.34. The number of amides is 2. The summed E-state index contributed by atoms with van der Waals surface area (Å²) < 4.78 is 5.00. The first-order valence-electron chi connectivity index (χ1n) is 7.80. The van der Waals surface area contributed by atoms with Crippen LogP contribution in [0.5, 0.6) is 0 Å². The van der Waals surface area contributed by atoms with Gasteiger partial charge in [-0.2, -0.15) is 0 Å². The van der Waals surface area contributed by atoms with Gasteiger partial charge < -0.3 is 10.5 Å². The van der Waals surface area contributed by atoms with Gasteiger partial charge in [-0.1, -0.05) is 42.5 Å². The number of hydrogen-bond acceptors (Lipinski definition) is 3. The average Bonchev–Trinajstić information content (AvgIpc) is 2.63. The predicted molar refractivity (Wildman–Crippen MR) is 98.2 cm³/mol. The summed E-state index contributed by atoms with van der Waals surface area (Å²) in [5.41, 5.74) is 7.66. The van der Waals surface area contributed by atoms with Gasteiger partial charge in [0.05, 0.1) is 18.5 Å². The Balaban J connectivity index is 2.28. The second-order valence-electron chi connectivity index (χ2n) is 5.62. The minimum Gasteiger partial charge on any atom is -0.452 e. The first-order chi connectivity index (χ1) is 12.0. The molecule has 0 aromatic heterocycles. The van der Waals surface area contributed by atoms with Crippen molar-refractivity contribution in [3.8, 4) is 0 Å². The molecule has 3 rings (SSSR count). The van der Waals surface area contributed by atoms with Crippen LogP contribution in [0.25, 0.3) is 10.8 Å². The zero-order valence-electron chi connectivity index (χ0n) is 14.0. The number of fused-ring (bicyclic) bond motifs is 1. The molecule has 0 aliphatic heterocycles. The maximum Gasteiger partial charge on any atom is 0.418 e. The maximum absolute atomic E-state index is 12.6. The van der Waals surface area contributed by atoms with Crippen molar-refractivity contribution >= 4 is 34.1 Å². The van der Waals surface area contributed by atoms with Crippen LogP contribution in [0.15, 0.2) is 60.7 Å². The molecule has 2 amide bonds. The van der Waals surface area contributed by atoms with Gasteiger partial charge in [0, 0.05) is 10.9 Å². The maximum atomic E-state index is 12.6. The summed E-state index contributed by atoms with van der Waals surface area (Å²) in [6.07, 6.45) is -0.541. The molecule has 25 heavy (non-hydrogen) atoms. The molecule has 0 bridgehead atoms. The van der Waals surface area contributed by atoms with Crippen LogP contribution in [0.4, 0.5) is 16.2 Å². The van der Waals surface area contributed by atoms with Gasteiger partial charge in [0.2, 0.25) is 5.91 Å². The molecular weight excluding hydrogens is 316 g/mol. The highest BCUT2D eigenvalue weighted by Gasteiger charge is 2.23. The highest BCUT2D eigenvalue weighted by atomic mass is 16.5. The fraction of sp³-hybridized carbons (Fsp3) is 0.100. The third-order valence-corrected chi connectivity index (χ3v) is 4.18. The average molecular weight is 334 g/mol. The van der Waals surface area contributed by atoms with Crippen LogP contribution < -0.4 is 10.6 Å². The Kier molecular flexibility index (Phi) is 4.39. The molecule has 0 atom stereocenters. The summed E-state index contributed by atoms with van der Waals surface area (Å²) in [5, 5.41) is 1.90. The lowest BCUT2D eigenvalue weighted by molar-refractivity contribution is 0.0999. The normalized spacial score (nSPS) is 10.5. The predicted octanol–water partition coefficient (Wildman–Crippen LogP) is 4.15. The molecule has 0 spiro atoms. The third kappa shape index (κ3) is 2.92. The number of methoxy groups -OCH3 is 1. The molecule has 0 unspecified atom stereocenters. The van der Waals surface area contributed by atoms with Crippen molar-refractivity contribution in [3.63, 3.8) is 0 Å². The smallest absolute Gasteiger partial charge is 0.418 e. The van der Waals surface area contributed by atoms with Gasteiger partial charge in [-0.05, 0) is 36.1 Å². The Morgan fingerprint density at radius 2 is 1.56 bits per heavy atom. The van der Waals surface area contributed by atoms with Crippen molar-refractivity contribution in [1.29, 1.82) is 0 Å². The van der Waals surface area contributed by atoms with Crippen molar-refractivity contribution in [2.24, 2.45) is 5.73 Å². The quantitative estimate of drug-likeness (QED) is 0.782. The second-order valence-corrected chi connectivity index (χ2v) is 5.62. The molecule has 0 aliphatic carbocycles. The van der Waals surface area contributed by atoms with Crippen LogP contribution in [-0.2, 0) is 4.74 Å². The highest BCUT2D eigenvalue weighted by Crippen LogP contribution is 2.35. The fourth-order valence-electron chi connectivity index (χ4n) is 2.95. The number of benzene rings is 3. The minimum atomic E-state index is -0.541. The van der Waals surface area contributed by atoms with Crippen molar-refractivity contribution < 1.29 is 14.3 Å². The summed E-state index contributed by atoms with van der Waals surface area (Å²) in [5.74, 6) is -0.540. The zero-order chi connectivity index (χ0) is 18.0. The second kappa shape index (κ2) is 6.65. The minimum absolute atomic E-state index is 0.367. The van der Waals surface area contributed by atoms with Crippen LogP contribution in [-0.4, -0.2) is 19.1 Å². The van der Waals surface area contributed by atoms with E-state index in [0.29, 0.717) is 22.5 Å². The van der Waals surface area contributed by atoms with Gasteiger partial charge in [0.15, 0.2) is 0 Å². The summed E-state index contributed by atoms with van der Waals surface area (Å²) in [6.45, 7) is 1.76. The number of nitrogens with zero attached hydrogens (tertiary/aromatic N) is 1. The van der Waals surface area contributed by atoms with Crippen LogP contribution in [0.1, 0.15) is 15.9 Å². The van der Waals surface area contributed by atoms with Gasteiger partial charge in [-0.15, -0.1) is 0 Å². The van der Waals surface area contributed by atoms with Crippen molar-refractivity contribution in [2.45, 2.75) is 6.92 Å². The number of rotatable bonds is 3. The zero-order valence-corrected chi connectivity index (χ0v) is 14.0. The number of nitrogens with two attached hydrogens (primary N) is 1. The molecule has 0 saturated carbocycles. The number of carbonyl (C=O) groups excluding carboxylic acids is 2. The van der Waals surface area contributed by atoms with E-state index in [2.05, 4.69) is 0 Å². The van der Waals surface area contributed by atoms with E-state index in [-0.39, 0.29) is 0 Å². The Bertz CT molecular complexity index is 961. The van der Waals surface area contributed by atoms with Crippen molar-refractivity contribution in [3.05, 3.63) is 71.8 Å². The number of hydrogen-bond donors (Lipinski definition) is 1. The molecule has 0 radical (unpaired) electrons. The van der Waals surface area contributed by atoms with Crippen molar-refractivity contribution in [1.82, 2.24) is 0 Å². The van der Waals surface area contributed by atoms with Crippen molar-refractivity contribution in [2.75, 3.05) is 12.0 Å². The van der Waals surface area contributed by atoms with E-state index < -0.39 is 12.0 Å². The molecule has 5 nitrogen and oxygen atoms in total. The molecule has 3 aromatic carbocycles. The Morgan fingerprint density at radius 1 is 0.920 bits per heavy atom. The van der Waals surface area contributed by atoms with Crippen LogP contribution >= 0.6 is 0 Å². The highest BCUT2D eigenvalue weighted by molar-refractivity contribution is 6.07. The Labute approximate surface area is 145 Å². The Morgan fingerprint density at radius 3 is 2.28 bits per heavy atom. The molecule has 3 aromatic rings. The van der Waals surface area contributed by atoms with E-state index in [1.807, 2.05) is 42.5 Å². The standard InChI is InChI=1S/C20H18N2O3/c1-13-15(19(21)23)10-6-11-17(13)22(20(24)25-2)18-12-5-8-14-7-3-4-9-16(14)18/h3-12H,1-2H3,(H2,21,23). The lowest BCUT2D eigenvalue weighted by Crippen LogP contribution is -2.27. The molecule has 0 fully saturated rings. The molecule has 0 aliphatic rings. The number of carbonyl (C=O) groups is 2. The number of primary amides is 1. The molecule has 2 N–H and O–H groups in total. The number of ether oxygens (including phenoxy) is 1. The van der Waals surface area contributed by atoms with Gasteiger partial charge >= 0.3 is 6.09 Å². The van der Waals surface area contributed by atoms with Gasteiger partial charge in [-0.25, -0.2) is 9.69 Å². The molecule has 5 heteroatoms. The summed E-state index contributed by atoms with van der Waals surface area (Å²) >= 11 is 0. The summed E-state index contributed by atoms with van der Waals surface area (Å²) in [4.78, 5) is 25.7. The summed E-state index contributed by atoms with van der Waals surface area (Å²) in [7, 11) is 1.33. The van der Waals surface area contributed by atoms with Gasteiger partial charge in [0.25, 0.3) is 0 Å². The first-order valence-corrected chi connectivity index (χ1v) is 7.80. The van der Waals surface area contributed by atoms with E-state index in [0.717, 1.165) is 10.8 Å². The van der Waals surface area contributed by atoms with Gasteiger partial charge in [0.1, 0.15) is 0 Å². The monoisotopic (exact) mass is 334 g/mol. The van der Waals surface area contributed by atoms with Crippen LogP contribution in [0, 0.1) is 6.92 Å². The van der Waals surface area contributed by atoms with Gasteiger partial charge in [-0.3, -0.25) is 4.79 Å². The first kappa shape index (κ1) is 16.5. The lowest BCUT2D eigenvalue weighted by atomic mass is 10.0. The largest absolute Gasteiger partial charge is 0.452 e.